The minimum atomic E-state index is 0.579. The molecule has 0 amide bonds. The van der Waals surface area contributed by atoms with Crippen molar-refractivity contribution in [2.45, 2.75) is 13.5 Å². The summed E-state index contributed by atoms with van der Waals surface area (Å²) in [4.78, 5) is 7.68. The zero-order valence-electron chi connectivity index (χ0n) is 11.4. The Kier molecular flexibility index (Phi) is 3.38. The molecule has 0 spiro atoms. The number of hydrogen-bond acceptors (Lipinski definition) is 3. The molecule has 0 unspecified atom stereocenters. The Morgan fingerprint density at radius 1 is 1.35 bits per heavy atom. The summed E-state index contributed by atoms with van der Waals surface area (Å²) in [6.45, 7) is 2.62. The first-order valence-corrected chi connectivity index (χ1v) is 6.76. The second-order valence-electron chi connectivity index (χ2n) is 4.69. The number of H-pyrrole nitrogens is 1. The van der Waals surface area contributed by atoms with Gasteiger partial charge in [0.15, 0.2) is 10.4 Å². The SMILES string of the molecule is COCc1cccc(-n2c(=S)[nH]c3c(C)ccnc32)c1. The Morgan fingerprint density at radius 2 is 2.20 bits per heavy atom. The minimum Gasteiger partial charge on any atom is -0.380 e. The van der Waals surface area contributed by atoms with Crippen molar-refractivity contribution in [2.24, 2.45) is 0 Å². The summed E-state index contributed by atoms with van der Waals surface area (Å²) < 4.78 is 7.78. The first kappa shape index (κ1) is 13.0. The molecule has 0 aliphatic carbocycles. The molecule has 3 rings (SSSR count). The normalized spacial score (nSPS) is 11.1. The predicted molar refractivity (Wildman–Crippen MR) is 81.7 cm³/mol. The van der Waals surface area contributed by atoms with E-state index in [1.165, 1.54) is 0 Å². The van der Waals surface area contributed by atoms with E-state index in [1.807, 2.05) is 35.8 Å². The Hall–Kier alpha value is -1.98. The summed E-state index contributed by atoms with van der Waals surface area (Å²) in [6.07, 6.45) is 1.80. The minimum absolute atomic E-state index is 0.579. The van der Waals surface area contributed by atoms with Crippen molar-refractivity contribution in [2.75, 3.05) is 7.11 Å². The van der Waals surface area contributed by atoms with Gasteiger partial charge >= 0.3 is 0 Å². The van der Waals surface area contributed by atoms with Crippen molar-refractivity contribution in [1.82, 2.24) is 14.5 Å². The third-order valence-corrected chi connectivity index (χ3v) is 3.55. The average molecular weight is 285 g/mol. The van der Waals surface area contributed by atoms with E-state index in [1.54, 1.807) is 13.3 Å². The largest absolute Gasteiger partial charge is 0.380 e. The molecule has 0 aliphatic rings. The van der Waals surface area contributed by atoms with Crippen LogP contribution >= 0.6 is 12.2 Å². The molecule has 0 saturated carbocycles. The molecule has 102 valence electrons. The number of ether oxygens (including phenoxy) is 1. The molecule has 1 N–H and O–H groups in total. The second kappa shape index (κ2) is 5.19. The quantitative estimate of drug-likeness (QED) is 0.748. The van der Waals surface area contributed by atoms with E-state index in [2.05, 4.69) is 16.0 Å². The van der Waals surface area contributed by atoms with Crippen molar-refractivity contribution < 1.29 is 4.74 Å². The van der Waals surface area contributed by atoms with E-state index >= 15 is 0 Å². The monoisotopic (exact) mass is 285 g/mol. The molecule has 0 saturated heterocycles. The molecule has 2 aromatic heterocycles. The van der Waals surface area contributed by atoms with Crippen LogP contribution in [0, 0.1) is 11.7 Å². The zero-order valence-corrected chi connectivity index (χ0v) is 12.2. The Labute approximate surface area is 122 Å². The maximum absolute atomic E-state index is 5.44. The number of nitrogens with one attached hydrogen (secondary N) is 1. The summed E-state index contributed by atoms with van der Waals surface area (Å²) in [7, 11) is 1.69. The number of aromatic amines is 1. The van der Waals surface area contributed by atoms with Crippen LogP contribution in [0.1, 0.15) is 11.1 Å². The predicted octanol–water partition coefficient (Wildman–Crippen LogP) is 3.54. The van der Waals surface area contributed by atoms with Gasteiger partial charge in [0.2, 0.25) is 0 Å². The lowest BCUT2D eigenvalue weighted by molar-refractivity contribution is 0.185. The van der Waals surface area contributed by atoms with Crippen molar-refractivity contribution in [3.63, 3.8) is 0 Å². The molecule has 0 aliphatic heterocycles. The number of imidazole rings is 1. The van der Waals surface area contributed by atoms with Gasteiger partial charge in [0.05, 0.1) is 17.8 Å². The van der Waals surface area contributed by atoms with Crippen LogP contribution in [0.2, 0.25) is 0 Å². The number of hydrogen-bond donors (Lipinski definition) is 1. The van der Waals surface area contributed by atoms with Crippen LogP contribution in [-0.4, -0.2) is 21.6 Å². The molecule has 4 nitrogen and oxygen atoms in total. The standard InChI is InChI=1S/C15H15N3OS/c1-10-6-7-16-14-13(10)17-15(20)18(14)12-5-3-4-11(8-12)9-19-2/h3-8H,9H2,1-2H3,(H,17,20). The van der Waals surface area contributed by atoms with Crippen LogP contribution < -0.4 is 0 Å². The molecule has 0 bridgehead atoms. The van der Waals surface area contributed by atoms with Crippen LogP contribution in [0.25, 0.3) is 16.9 Å². The van der Waals surface area contributed by atoms with Gasteiger partial charge in [0.25, 0.3) is 0 Å². The van der Waals surface area contributed by atoms with Crippen molar-refractivity contribution in [3.8, 4) is 5.69 Å². The van der Waals surface area contributed by atoms with Crippen LogP contribution in [0.15, 0.2) is 36.5 Å². The third-order valence-electron chi connectivity index (χ3n) is 3.27. The topological polar surface area (TPSA) is 42.8 Å². The van der Waals surface area contributed by atoms with Gasteiger partial charge in [-0.25, -0.2) is 4.98 Å². The maximum atomic E-state index is 5.44. The zero-order chi connectivity index (χ0) is 14.1. The van der Waals surface area contributed by atoms with E-state index < -0.39 is 0 Å². The number of benzene rings is 1. The fourth-order valence-electron chi connectivity index (χ4n) is 2.32. The first-order chi connectivity index (χ1) is 9.70. The van der Waals surface area contributed by atoms with Crippen molar-refractivity contribution in [3.05, 3.63) is 52.4 Å². The smallest absolute Gasteiger partial charge is 0.184 e. The van der Waals surface area contributed by atoms with Crippen LogP contribution in [0.5, 0.6) is 0 Å². The summed E-state index contributed by atoms with van der Waals surface area (Å²) in [5.74, 6) is 0. The lowest BCUT2D eigenvalue weighted by atomic mass is 10.2. The lowest BCUT2D eigenvalue weighted by Gasteiger charge is -2.06. The number of methoxy groups -OCH3 is 1. The van der Waals surface area contributed by atoms with Gasteiger partial charge in [-0.2, -0.15) is 0 Å². The molecule has 5 heteroatoms. The summed E-state index contributed by atoms with van der Waals surface area (Å²) in [6, 6.07) is 10.1. The van der Waals surface area contributed by atoms with Crippen LogP contribution in [-0.2, 0) is 11.3 Å². The van der Waals surface area contributed by atoms with E-state index in [4.69, 9.17) is 17.0 Å². The second-order valence-corrected chi connectivity index (χ2v) is 5.08. The molecule has 0 fully saturated rings. The Morgan fingerprint density at radius 3 is 3.00 bits per heavy atom. The molecule has 20 heavy (non-hydrogen) atoms. The van der Waals surface area contributed by atoms with Gasteiger partial charge in [0, 0.05) is 13.3 Å². The van der Waals surface area contributed by atoms with Gasteiger partial charge in [-0.05, 0) is 48.5 Å². The number of pyridine rings is 1. The summed E-state index contributed by atoms with van der Waals surface area (Å²) in [5, 5.41) is 0. The summed E-state index contributed by atoms with van der Waals surface area (Å²) >= 11 is 5.44. The van der Waals surface area contributed by atoms with Gasteiger partial charge in [-0.15, -0.1) is 0 Å². The third kappa shape index (κ3) is 2.15. The maximum Gasteiger partial charge on any atom is 0.184 e. The molecule has 0 radical (unpaired) electrons. The molecular weight excluding hydrogens is 270 g/mol. The fraction of sp³-hybridized carbons (Fsp3) is 0.200. The molecule has 3 aromatic rings. The van der Waals surface area contributed by atoms with E-state index in [9.17, 15) is 0 Å². The van der Waals surface area contributed by atoms with E-state index in [-0.39, 0.29) is 0 Å². The average Bonchev–Trinajstić information content (AvgIpc) is 2.77. The van der Waals surface area contributed by atoms with Crippen molar-refractivity contribution >= 4 is 23.4 Å². The van der Waals surface area contributed by atoms with E-state index in [0.29, 0.717) is 11.4 Å². The molecular formula is C15H15N3OS. The highest BCUT2D eigenvalue weighted by molar-refractivity contribution is 7.71. The van der Waals surface area contributed by atoms with Gasteiger partial charge in [-0.1, -0.05) is 12.1 Å². The van der Waals surface area contributed by atoms with Gasteiger partial charge in [-0.3, -0.25) is 4.57 Å². The van der Waals surface area contributed by atoms with Crippen LogP contribution in [0.4, 0.5) is 0 Å². The lowest BCUT2D eigenvalue weighted by Crippen LogP contribution is -1.97. The number of rotatable bonds is 3. The number of aromatic nitrogens is 3. The first-order valence-electron chi connectivity index (χ1n) is 6.35. The van der Waals surface area contributed by atoms with Gasteiger partial charge in [0.1, 0.15) is 0 Å². The Balaban J connectivity index is 2.24. The highest BCUT2D eigenvalue weighted by Crippen LogP contribution is 2.20. The Bertz CT molecular complexity index is 819. The van der Waals surface area contributed by atoms with E-state index in [0.717, 1.165) is 28.0 Å². The molecule has 1 aromatic carbocycles. The highest BCUT2D eigenvalue weighted by atomic mass is 32.1. The fourth-order valence-corrected chi connectivity index (χ4v) is 2.61. The molecule has 0 atom stereocenters. The highest BCUT2D eigenvalue weighted by Gasteiger charge is 2.09. The number of fused-ring (bicyclic) bond motifs is 1. The number of nitrogens with zero attached hydrogens (tertiary/aromatic N) is 2. The van der Waals surface area contributed by atoms with Crippen molar-refractivity contribution in [1.29, 1.82) is 0 Å². The van der Waals surface area contributed by atoms with Crippen LogP contribution in [0.3, 0.4) is 0 Å². The molecule has 2 heterocycles. The summed E-state index contributed by atoms with van der Waals surface area (Å²) in [5.41, 5.74) is 5.06. The number of aryl methyl sites for hydroxylation is 1. The van der Waals surface area contributed by atoms with Gasteiger partial charge < -0.3 is 9.72 Å².